The topological polar surface area (TPSA) is 92.9 Å². The summed E-state index contributed by atoms with van der Waals surface area (Å²) in [7, 11) is 0. The van der Waals surface area contributed by atoms with E-state index in [9.17, 15) is 4.79 Å². The molecule has 0 bridgehead atoms. The summed E-state index contributed by atoms with van der Waals surface area (Å²) in [5, 5.41) is 16.7. The summed E-state index contributed by atoms with van der Waals surface area (Å²) < 4.78 is 1.82. The van der Waals surface area contributed by atoms with Gasteiger partial charge in [0.2, 0.25) is 5.95 Å². The average molecular weight is 358 g/mol. The van der Waals surface area contributed by atoms with E-state index >= 15 is 0 Å². The van der Waals surface area contributed by atoms with E-state index < -0.39 is 5.97 Å². The molecule has 0 spiro atoms. The van der Waals surface area contributed by atoms with Gasteiger partial charge in [-0.2, -0.15) is 5.10 Å². The van der Waals surface area contributed by atoms with Gasteiger partial charge in [0.15, 0.2) is 0 Å². The van der Waals surface area contributed by atoms with E-state index in [2.05, 4.69) is 20.4 Å². The van der Waals surface area contributed by atoms with Gasteiger partial charge in [-0.25, -0.2) is 14.8 Å². The molecule has 7 nitrogen and oxygen atoms in total. The van der Waals surface area contributed by atoms with Crippen LogP contribution in [0.3, 0.4) is 0 Å². The third-order valence-electron chi connectivity index (χ3n) is 3.54. The highest BCUT2D eigenvalue weighted by molar-refractivity contribution is 6.32. The maximum atomic E-state index is 11.0. The highest BCUT2D eigenvalue weighted by atomic mass is 35.5. The number of nitrogens with one attached hydrogen (secondary N) is 1. The van der Waals surface area contributed by atoms with Crippen LogP contribution in [-0.2, 0) is 0 Å². The Labute approximate surface area is 149 Å². The molecular weight excluding hydrogens is 342 g/mol. The lowest BCUT2D eigenvalue weighted by Gasteiger charge is -2.08. The molecule has 2 heterocycles. The second kappa shape index (κ2) is 6.90. The maximum Gasteiger partial charge on any atom is 0.335 e. The summed E-state index contributed by atoms with van der Waals surface area (Å²) in [4.78, 5) is 19.6. The number of aromatic carboxylic acids is 1. The molecular formula is C17H16ClN5O2. The molecule has 0 aliphatic heterocycles. The Kier molecular flexibility index (Phi) is 4.67. The minimum Gasteiger partial charge on any atom is -0.478 e. The van der Waals surface area contributed by atoms with Crippen molar-refractivity contribution in [1.29, 1.82) is 0 Å². The molecule has 25 heavy (non-hydrogen) atoms. The third-order valence-corrected chi connectivity index (χ3v) is 3.81. The van der Waals surface area contributed by atoms with E-state index in [-0.39, 0.29) is 11.6 Å². The molecule has 0 amide bonds. The van der Waals surface area contributed by atoms with Crippen molar-refractivity contribution in [3.8, 4) is 11.3 Å². The van der Waals surface area contributed by atoms with Gasteiger partial charge in [-0.1, -0.05) is 23.7 Å². The molecule has 3 aromatic rings. The Bertz CT molecular complexity index is 906. The monoisotopic (exact) mass is 357 g/mol. The van der Waals surface area contributed by atoms with Crippen molar-refractivity contribution in [3.05, 3.63) is 53.4 Å². The van der Waals surface area contributed by atoms with Crippen LogP contribution in [0.5, 0.6) is 0 Å². The quantitative estimate of drug-likeness (QED) is 0.716. The fraction of sp³-hybridized carbons (Fsp3) is 0.176. The van der Waals surface area contributed by atoms with Crippen LogP contribution < -0.4 is 5.32 Å². The number of nitrogens with zero attached hydrogens (tertiary/aromatic N) is 4. The van der Waals surface area contributed by atoms with Crippen molar-refractivity contribution < 1.29 is 9.90 Å². The van der Waals surface area contributed by atoms with E-state index in [0.717, 1.165) is 5.69 Å². The molecule has 0 aliphatic carbocycles. The van der Waals surface area contributed by atoms with Crippen LogP contribution in [0.2, 0.25) is 5.02 Å². The molecule has 8 heteroatoms. The van der Waals surface area contributed by atoms with Gasteiger partial charge in [0.1, 0.15) is 0 Å². The van der Waals surface area contributed by atoms with Gasteiger partial charge >= 0.3 is 5.97 Å². The molecule has 0 aliphatic rings. The Morgan fingerprint density at radius 1 is 1.24 bits per heavy atom. The number of hydrogen-bond donors (Lipinski definition) is 2. The highest BCUT2D eigenvalue weighted by Crippen LogP contribution is 2.27. The molecule has 0 saturated carbocycles. The van der Waals surface area contributed by atoms with Crippen LogP contribution in [-0.4, -0.2) is 30.8 Å². The number of benzene rings is 1. The zero-order valence-corrected chi connectivity index (χ0v) is 14.4. The number of carboxylic acids is 1. The molecule has 1 aromatic carbocycles. The van der Waals surface area contributed by atoms with Crippen LogP contribution in [0.15, 0.2) is 42.9 Å². The number of rotatable bonds is 5. The molecule has 128 valence electrons. The minimum atomic E-state index is -0.982. The Hall–Kier alpha value is -2.93. The minimum absolute atomic E-state index is 0.202. The summed E-state index contributed by atoms with van der Waals surface area (Å²) in [6.45, 7) is 4.07. The summed E-state index contributed by atoms with van der Waals surface area (Å²) in [6.07, 6.45) is 5.06. The first kappa shape index (κ1) is 16.9. The van der Waals surface area contributed by atoms with E-state index in [0.29, 0.717) is 22.2 Å². The summed E-state index contributed by atoms with van der Waals surface area (Å²) in [5.41, 5.74) is 2.20. The second-order valence-corrected chi connectivity index (χ2v) is 6.11. The van der Waals surface area contributed by atoms with Crippen molar-refractivity contribution in [1.82, 2.24) is 19.7 Å². The summed E-state index contributed by atoms with van der Waals surface area (Å²) in [5.74, 6) is -0.602. The van der Waals surface area contributed by atoms with Crippen molar-refractivity contribution in [2.24, 2.45) is 0 Å². The van der Waals surface area contributed by atoms with Crippen molar-refractivity contribution in [3.63, 3.8) is 0 Å². The number of hydrogen-bond acceptors (Lipinski definition) is 5. The molecule has 0 saturated heterocycles. The summed E-state index contributed by atoms with van der Waals surface area (Å²) in [6, 6.07) is 6.60. The van der Waals surface area contributed by atoms with Gasteiger partial charge in [0.05, 0.1) is 34.4 Å². The lowest BCUT2D eigenvalue weighted by Crippen LogP contribution is -2.01. The van der Waals surface area contributed by atoms with Crippen LogP contribution in [0.1, 0.15) is 30.2 Å². The first-order chi connectivity index (χ1) is 11.9. The SMILES string of the molecule is CC(C)n1cc(Nc2ncc(Cl)c(-c3ccc(C(=O)O)cc3)n2)cn1. The number of halogens is 1. The van der Waals surface area contributed by atoms with E-state index in [1.165, 1.54) is 18.3 Å². The highest BCUT2D eigenvalue weighted by Gasteiger charge is 2.11. The molecule has 0 unspecified atom stereocenters. The average Bonchev–Trinajstić information content (AvgIpc) is 3.05. The van der Waals surface area contributed by atoms with E-state index in [1.807, 2.05) is 24.7 Å². The number of aromatic nitrogens is 4. The second-order valence-electron chi connectivity index (χ2n) is 5.70. The first-order valence-electron chi connectivity index (χ1n) is 7.61. The van der Waals surface area contributed by atoms with Crippen LogP contribution in [0, 0.1) is 0 Å². The maximum absolute atomic E-state index is 11.0. The van der Waals surface area contributed by atoms with E-state index in [1.54, 1.807) is 18.3 Å². The zero-order chi connectivity index (χ0) is 18.0. The lowest BCUT2D eigenvalue weighted by molar-refractivity contribution is 0.0697. The molecule has 0 fully saturated rings. The Morgan fingerprint density at radius 3 is 2.56 bits per heavy atom. The molecule has 3 rings (SSSR count). The number of carboxylic acid groups (broad SMARTS) is 1. The fourth-order valence-electron chi connectivity index (χ4n) is 2.21. The van der Waals surface area contributed by atoms with Crippen molar-refractivity contribution >= 4 is 29.2 Å². The Balaban J connectivity index is 1.88. The summed E-state index contributed by atoms with van der Waals surface area (Å²) >= 11 is 6.20. The smallest absolute Gasteiger partial charge is 0.335 e. The van der Waals surface area contributed by atoms with Gasteiger partial charge in [-0.3, -0.25) is 4.68 Å². The normalized spacial score (nSPS) is 10.9. The van der Waals surface area contributed by atoms with Crippen molar-refractivity contribution in [2.75, 3.05) is 5.32 Å². The molecule has 0 radical (unpaired) electrons. The van der Waals surface area contributed by atoms with Gasteiger partial charge in [0, 0.05) is 17.8 Å². The number of carbonyl (C=O) groups is 1. The molecule has 0 atom stereocenters. The van der Waals surface area contributed by atoms with Gasteiger partial charge in [0.25, 0.3) is 0 Å². The molecule has 2 aromatic heterocycles. The number of anilines is 2. The van der Waals surface area contributed by atoms with Crippen LogP contribution in [0.25, 0.3) is 11.3 Å². The van der Waals surface area contributed by atoms with E-state index in [4.69, 9.17) is 16.7 Å². The van der Waals surface area contributed by atoms with Gasteiger partial charge in [-0.05, 0) is 26.0 Å². The molecule has 2 N–H and O–H groups in total. The third kappa shape index (κ3) is 3.77. The largest absolute Gasteiger partial charge is 0.478 e. The lowest BCUT2D eigenvalue weighted by atomic mass is 10.1. The standard InChI is InChI=1S/C17H16ClN5O2/c1-10(2)23-9-13(7-20-23)21-17-19-8-14(18)15(22-17)11-3-5-12(6-4-11)16(24)25/h3-10H,1-2H3,(H,24,25)(H,19,21,22). The predicted molar refractivity (Wildman–Crippen MR) is 95.3 cm³/mol. The van der Waals surface area contributed by atoms with Gasteiger partial charge < -0.3 is 10.4 Å². The van der Waals surface area contributed by atoms with Crippen molar-refractivity contribution in [2.45, 2.75) is 19.9 Å². The van der Waals surface area contributed by atoms with Gasteiger partial charge in [-0.15, -0.1) is 0 Å². The first-order valence-corrected chi connectivity index (χ1v) is 7.99. The zero-order valence-electron chi connectivity index (χ0n) is 13.6. The Morgan fingerprint density at radius 2 is 1.96 bits per heavy atom. The predicted octanol–water partition coefficient (Wildman–Crippen LogP) is 4.02. The van der Waals surface area contributed by atoms with Crippen LogP contribution in [0.4, 0.5) is 11.6 Å². The van der Waals surface area contributed by atoms with Crippen LogP contribution >= 0.6 is 11.6 Å². The fourth-order valence-corrected chi connectivity index (χ4v) is 2.41.